The molecule has 1 aliphatic heterocycles. The van der Waals surface area contributed by atoms with E-state index >= 15 is 0 Å². The van der Waals surface area contributed by atoms with Crippen molar-refractivity contribution in [2.24, 2.45) is 5.92 Å². The van der Waals surface area contributed by atoms with E-state index in [2.05, 4.69) is 10.00 Å². The number of halogens is 1. The van der Waals surface area contributed by atoms with E-state index in [-0.39, 0.29) is 22.8 Å². The molecule has 2 unspecified atom stereocenters. The highest BCUT2D eigenvalue weighted by molar-refractivity contribution is 7.81. The number of carbonyl (C=O) groups excluding carboxylic acids is 2. The van der Waals surface area contributed by atoms with E-state index in [9.17, 15) is 14.0 Å². The molecule has 2 aromatic rings. The van der Waals surface area contributed by atoms with Gasteiger partial charge >= 0.3 is 5.97 Å². The van der Waals surface area contributed by atoms with Crippen LogP contribution in [0.3, 0.4) is 0 Å². The lowest BCUT2D eigenvalue weighted by Gasteiger charge is -2.38. The number of hydrogen-bond donors (Lipinski definition) is 1. The van der Waals surface area contributed by atoms with E-state index < -0.39 is 12.0 Å². The second kappa shape index (κ2) is 10.2. The number of benzene rings is 1. The lowest BCUT2D eigenvalue weighted by molar-refractivity contribution is -0.126. The van der Waals surface area contributed by atoms with Crippen molar-refractivity contribution in [2.75, 3.05) is 19.7 Å². The van der Waals surface area contributed by atoms with Gasteiger partial charge in [-0.25, -0.2) is 9.18 Å². The first-order chi connectivity index (χ1) is 15.9. The molecule has 8 heteroatoms. The summed E-state index contributed by atoms with van der Waals surface area (Å²) in [6.45, 7) is 5.82. The number of Topliss-reactive ketones (excluding diaryl/α,β-unsaturated/α-hetero) is 1. The molecule has 0 spiro atoms. The highest BCUT2D eigenvalue weighted by Crippen LogP contribution is 2.40. The molecule has 33 heavy (non-hydrogen) atoms. The van der Waals surface area contributed by atoms with Gasteiger partial charge in [0.15, 0.2) is 5.78 Å². The average Bonchev–Trinajstić information content (AvgIpc) is 3.55. The maximum absolute atomic E-state index is 14.7. The Hall–Kier alpha value is -2.45. The van der Waals surface area contributed by atoms with Gasteiger partial charge in [-0.2, -0.15) is 17.7 Å². The molecular weight excluding hydrogens is 441 g/mol. The zero-order valence-electron chi connectivity index (χ0n) is 19.0. The average molecular weight is 472 g/mol. The fourth-order valence-corrected chi connectivity index (χ4v) is 4.86. The molecule has 2 heterocycles. The number of ketones is 1. The second-order valence-electron chi connectivity index (χ2n) is 8.83. The molecule has 1 saturated heterocycles. The summed E-state index contributed by atoms with van der Waals surface area (Å²) in [4.78, 5) is 27.3. The van der Waals surface area contributed by atoms with Crippen molar-refractivity contribution in [3.63, 3.8) is 0 Å². The minimum atomic E-state index is -0.581. The van der Waals surface area contributed by atoms with E-state index in [1.165, 1.54) is 12.3 Å². The molecule has 0 amide bonds. The minimum Gasteiger partial charge on any atom is -0.462 e. The van der Waals surface area contributed by atoms with Crippen LogP contribution in [0.1, 0.15) is 55.1 Å². The van der Waals surface area contributed by atoms with Crippen molar-refractivity contribution in [1.29, 1.82) is 0 Å². The first kappa shape index (κ1) is 23.7. The third-order valence-electron chi connectivity index (χ3n) is 6.37. The van der Waals surface area contributed by atoms with Crippen LogP contribution in [0.25, 0.3) is 0 Å². The minimum absolute atomic E-state index is 0.0298. The number of carbonyl (C=O) groups is 2. The van der Waals surface area contributed by atoms with Gasteiger partial charge < -0.3 is 4.74 Å². The highest BCUT2D eigenvalue weighted by atomic mass is 32.1. The van der Waals surface area contributed by atoms with Crippen molar-refractivity contribution in [3.8, 4) is 0 Å². The van der Waals surface area contributed by atoms with Crippen LogP contribution in [-0.2, 0) is 16.1 Å². The van der Waals surface area contributed by atoms with Crippen molar-refractivity contribution in [1.82, 2.24) is 14.7 Å². The summed E-state index contributed by atoms with van der Waals surface area (Å²) in [5.74, 6) is -0.589. The summed E-state index contributed by atoms with van der Waals surface area (Å²) < 4.78 is 21.5. The van der Waals surface area contributed by atoms with Gasteiger partial charge in [-0.15, -0.1) is 0 Å². The van der Waals surface area contributed by atoms with Gasteiger partial charge in [-0.05, 0) is 44.7 Å². The zero-order valence-corrected chi connectivity index (χ0v) is 19.9. The number of aromatic nitrogens is 2. The molecule has 4 rings (SSSR count). The standard InChI is InChI=1S/C25H30FN3O3S/c1-3-32-25(31)18-12-27-29(14-18)13-16(2)20-15-28(11-10-22(20)33)23(24(30)17-8-9-17)19-6-4-5-7-21(19)26/h4-7,12,14,17,22-23,33H,3,8-11,13,15H2,1-2H3/b20-16+. The molecule has 2 atom stereocenters. The van der Waals surface area contributed by atoms with Crippen LogP contribution < -0.4 is 0 Å². The molecule has 1 saturated carbocycles. The fraction of sp³-hybridized carbons (Fsp3) is 0.480. The largest absolute Gasteiger partial charge is 0.462 e. The Morgan fingerprint density at radius 1 is 1.27 bits per heavy atom. The Morgan fingerprint density at radius 2 is 2.03 bits per heavy atom. The second-order valence-corrected chi connectivity index (χ2v) is 9.45. The third-order valence-corrected chi connectivity index (χ3v) is 6.94. The van der Waals surface area contributed by atoms with Gasteiger partial charge in [0, 0.05) is 36.0 Å². The third kappa shape index (κ3) is 5.38. The summed E-state index contributed by atoms with van der Waals surface area (Å²) >= 11 is 4.80. The molecule has 2 fully saturated rings. The molecule has 2 aliphatic rings. The van der Waals surface area contributed by atoms with Gasteiger partial charge in [-0.1, -0.05) is 23.8 Å². The topological polar surface area (TPSA) is 64.4 Å². The lowest BCUT2D eigenvalue weighted by Crippen LogP contribution is -2.43. The quantitative estimate of drug-likeness (QED) is 0.354. The van der Waals surface area contributed by atoms with Gasteiger partial charge in [-0.3, -0.25) is 14.4 Å². The van der Waals surface area contributed by atoms with E-state index in [1.807, 2.05) is 6.92 Å². The van der Waals surface area contributed by atoms with Crippen LogP contribution in [0.15, 0.2) is 47.8 Å². The van der Waals surface area contributed by atoms with Crippen LogP contribution in [-0.4, -0.2) is 51.4 Å². The lowest BCUT2D eigenvalue weighted by atomic mass is 9.92. The number of piperidine rings is 1. The van der Waals surface area contributed by atoms with Crippen LogP contribution in [0.2, 0.25) is 0 Å². The number of rotatable bonds is 8. The monoisotopic (exact) mass is 471 g/mol. The molecule has 0 radical (unpaired) electrons. The predicted molar refractivity (Wildman–Crippen MR) is 127 cm³/mol. The molecule has 0 bridgehead atoms. The number of allylic oxidation sites excluding steroid dienone is 1. The molecular formula is C25H30FN3O3S. The van der Waals surface area contributed by atoms with Crippen LogP contribution in [0.5, 0.6) is 0 Å². The molecule has 6 nitrogen and oxygen atoms in total. The maximum Gasteiger partial charge on any atom is 0.341 e. The van der Waals surface area contributed by atoms with Crippen LogP contribution in [0.4, 0.5) is 4.39 Å². The molecule has 1 aromatic heterocycles. The van der Waals surface area contributed by atoms with Crippen molar-refractivity contribution < 1.29 is 18.7 Å². The number of esters is 1. The summed E-state index contributed by atoms with van der Waals surface area (Å²) in [6, 6.07) is 6.01. The number of hydrogen-bond acceptors (Lipinski definition) is 6. The van der Waals surface area contributed by atoms with E-state index in [0.29, 0.717) is 37.4 Å². The highest BCUT2D eigenvalue weighted by Gasteiger charge is 2.41. The molecule has 1 aliphatic carbocycles. The number of thiol groups is 1. The predicted octanol–water partition coefficient (Wildman–Crippen LogP) is 4.24. The Kier molecular flexibility index (Phi) is 7.34. The van der Waals surface area contributed by atoms with Gasteiger partial charge in [0.05, 0.1) is 31.0 Å². The Morgan fingerprint density at radius 3 is 2.73 bits per heavy atom. The SMILES string of the molecule is CCOC(=O)c1cnn(C/C(C)=C2\CN(C(C(=O)C3CC3)c3ccccc3F)CCC2S)c1. The Labute approximate surface area is 199 Å². The number of nitrogens with zero attached hydrogens (tertiary/aromatic N) is 3. The Bertz CT molecular complexity index is 1060. The summed E-state index contributed by atoms with van der Waals surface area (Å²) in [6.07, 6.45) is 5.72. The molecule has 176 valence electrons. The number of ether oxygens (including phenoxy) is 1. The van der Waals surface area contributed by atoms with Crippen molar-refractivity contribution >= 4 is 24.4 Å². The molecule has 0 N–H and O–H groups in total. The van der Waals surface area contributed by atoms with Crippen molar-refractivity contribution in [3.05, 3.63) is 64.7 Å². The van der Waals surface area contributed by atoms with Crippen molar-refractivity contribution in [2.45, 2.75) is 50.9 Å². The normalized spacial score (nSPS) is 21.5. The summed E-state index contributed by atoms with van der Waals surface area (Å²) in [5, 5.41) is 4.35. The van der Waals surface area contributed by atoms with Gasteiger partial charge in [0.2, 0.25) is 0 Å². The first-order valence-electron chi connectivity index (χ1n) is 11.5. The maximum atomic E-state index is 14.7. The fourth-order valence-electron chi connectivity index (χ4n) is 4.44. The van der Waals surface area contributed by atoms with Crippen LogP contribution in [0, 0.1) is 11.7 Å². The smallest absolute Gasteiger partial charge is 0.341 e. The van der Waals surface area contributed by atoms with Gasteiger partial charge in [0.25, 0.3) is 0 Å². The first-order valence-corrected chi connectivity index (χ1v) is 12.0. The van der Waals surface area contributed by atoms with E-state index in [1.54, 1.807) is 36.0 Å². The zero-order chi connectivity index (χ0) is 23.5. The summed E-state index contributed by atoms with van der Waals surface area (Å²) in [7, 11) is 0. The summed E-state index contributed by atoms with van der Waals surface area (Å²) in [5.41, 5.74) is 3.05. The molecule has 1 aromatic carbocycles. The van der Waals surface area contributed by atoms with Crippen LogP contribution >= 0.6 is 12.6 Å². The van der Waals surface area contributed by atoms with Gasteiger partial charge in [0.1, 0.15) is 5.82 Å². The number of likely N-dealkylation sites (tertiary alicyclic amines) is 1. The van der Waals surface area contributed by atoms with E-state index in [4.69, 9.17) is 17.4 Å². The van der Waals surface area contributed by atoms with E-state index in [0.717, 1.165) is 30.4 Å². The Balaban J connectivity index is 1.57.